The van der Waals surface area contributed by atoms with Crippen LogP contribution in [0.1, 0.15) is 70.2 Å². The van der Waals surface area contributed by atoms with Crippen molar-refractivity contribution in [1.82, 2.24) is 0 Å². The van der Waals surface area contributed by atoms with Gasteiger partial charge in [0.25, 0.3) is 0 Å². The Bertz CT molecular complexity index is 3210. The molecule has 12 N–H and O–H groups in total. The van der Waals surface area contributed by atoms with Crippen LogP contribution in [0.15, 0.2) is 146 Å². The van der Waals surface area contributed by atoms with E-state index in [1.807, 2.05) is 72.8 Å². The van der Waals surface area contributed by atoms with E-state index in [1.54, 1.807) is 28.4 Å². The Balaban J connectivity index is 0.000000261. The molecule has 8 aromatic carbocycles. The number of rotatable bonds is 34. The smallest absolute Gasteiger partial charge is 0.200 e. The molecular weight excluding hydrogens is 1180 g/mol. The Morgan fingerprint density at radius 2 is 0.467 bits per heavy atom. The molecule has 20 nitrogen and oxygen atoms in total. The van der Waals surface area contributed by atoms with Gasteiger partial charge in [0.15, 0.2) is 69.0 Å². The van der Waals surface area contributed by atoms with Gasteiger partial charge in [0.1, 0.15) is 23.0 Å². The SMILES string of the molecule is COc1ccc(C[C@@H](CCCOCc2cc(O)c(O)c(O)c2)[C@H](COCc2cc(O)c(O)c(O)c2)Cc2ccc(OC)cc2)cc1.COc1ccc(C[C@H](CCCOCc2cc(O)c(O)c(O)c2)[C@@H](COCc2cc(O)c(O)c(O)c2)Cc2ccc(OC)cc2)cc1. The van der Waals surface area contributed by atoms with Crippen LogP contribution in [-0.4, -0.2) is 116 Å². The van der Waals surface area contributed by atoms with Crippen LogP contribution in [0.2, 0.25) is 0 Å². The highest BCUT2D eigenvalue weighted by Gasteiger charge is 2.26. The lowest BCUT2D eigenvalue weighted by Crippen LogP contribution is -2.25. The number of phenols is 12. The van der Waals surface area contributed by atoms with Gasteiger partial charge in [-0.05, 0) is 217 Å². The zero-order valence-corrected chi connectivity index (χ0v) is 52.1. The molecule has 0 heterocycles. The third-order valence-electron chi connectivity index (χ3n) is 15.9. The second-order valence-corrected chi connectivity index (χ2v) is 22.6. The minimum absolute atomic E-state index is 0.0702. The van der Waals surface area contributed by atoms with Crippen molar-refractivity contribution >= 4 is 0 Å². The lowest BCUT2D eigenvalue weighted by atomic mass is 9.80. The largest absolute Gasteiger partial charge is 0.504 e. The predicted octanol–water partition coefficient (Wildman–Crippen LogP) is 12.3. The van der Waals surface area contributed by atoms with Crippen molar-refractivity contribution in [2.24, 2.45) is 23.7 Å². The topological polar surface area (TPSA) is 317 Å². The molecule has 0 saturated heterocycles. The third kappa shape index (κ3) is 21.3. The van der Waals surface area contributed by atoms with E-state index in [1.165, 1.54) is 48.5 Å². The molecule has 0 aliphatic rings. The van der Waals surface area contributed by atoms with Gasteiger partial charge >= 0.3 is 0 Å². The summed E-state index contributed by atoms with van der Waals surface area (Å²) in [6.45, 7) is 2.23. The van der Waals surface area contributed by atoms with Crippen LogP contribution in [-0.2, 0) is 71.1 Å². The maximum absolute atomic E-state index is 9.94. The maximum atomic E-state index is 9.94. The van der Waals surface area contributed by atoms with Gasteiger partial charge in [0, 0.05) is 13.2 Å². The van der Waals surface area contributed by atoms with Crippen molar-refractivity contribution in [3.63, 3.8) is 0 Å². The van der Waals surface area contributed by atoms with E-state index in [2.05, 4.69) is 24.3 Å². The predicted molar refractivity (Wildman–Crippen MR) is 344 cm³/mol. The highest BCUT2D eigenvalue weighted by Crippen LogP contribution is 2.40. The first-order chi connectivity index (χ1) is 44.3. The number of hydrogen-bond acceptors (Lipinski definition) is 20. The summed E-state index contributed by atoms with van der Waals surface area (Å²) in [5.41, 5.74) is 6.68. The molecule has 8 rings (SSSR count). The minimum Gasteiger partial charge on any atom is -0.504 e. The third-order valence-corrected chi connectivity index (χ3v) is 15.9. The summed E-state index contributed by atoms with van der Waals surface area (Å²) < 4.78 is 45.4. The highest BCUT2D eigenvalue weighted by atomic mass is 16.5. The second-order valence-electron chi connectivity index (χ2n) is 22.6. The second kappa shape index (κ2) is 35.1. The molecule has 0 fully saturated rings. The highest BCUT2D eigenvalue weighted by molar-refractivity contribution is 5.53. The summed E-state index contributed by atoms with van der Waals surface area (Å²) in [7, 11) is 6.53. The van der Waals surface area contributed by atoms with Crippen molar-refractivity contribution in [2.45, 2.75) is 77.8 Å². The summed E-state index contributed by atoms with van der Waals surface area (Å²) in [6.07, 6.45) is 6.08. The summed E-state index contributed by atoms with van der Waals surface area (Å²) in [5, 5.41) is 118. The quantitative estimate of drug-likeness (QED) is 0.0132. The molecule has 20 heteroatoms. The lowest BCUT2D eigenvalue weighted by Gasteiger charge is -2.28. The number of aromatic hydroxyl groups is 12. The summed E-state index contributed by atoms with van der Waals surface area (Å²) >= 11 is 0. The number of hydrogen-bond donors (Lipinski definition) is 12. The first-order valence-electron chi connectivity index (χ1n) is 30.1. The van der Waals surface area contributed by atoms with E-state index in [-0.39, 0.29) is 50.1 Å². The van der Waals surface area contributed by atoms with Crippen LogP contribution in [0.4, 0.5) is 0 Å². The average molecular weight is 1270 g/mol. The minimum atomic E-state index is -0.568. The van der Waals surface area contributed by atoms with E-state index in [9.17, 15) is 61.3 Å². The normalized spacial score (nSPS) is 12.5. The van der Waals surface area contributed by atoms with Gasteiger partial charge in [-0.1, -0.05) is 48.5 Å². The summed E-state index contributed by atoms with van der Waals surface area (Å²) in [6, 6.07) is 42.8. The van der Waals surface area contributed by atoms with Crippen molar-refractivity contribution < 1.29 is 99.2 Å². The summed E-state index contributed by atoms with van der Waals surface area (Å²) in [4.78, 5) is 0. The molecule has 492 valence electrons. The van der Waals surface area contributed by atoms with Crippen LogP contribution < -0.4 is 18.9 Å². The van der Waals surface area contributed by atoms with Crippen LogP contribution >= 0.6 is 0 Å². The van der Waals surface area contributed by atoms with Gasteiger partial charge in [0.05, 0.1) is 68.1 Å². The number of phenolic OH excluding ortho intramolecular Hbond substituents is 12. The number of methoxy groups -OCH3 is 4. The molecule has 0 amide bonds. The molecular formula is C72H84O20. The first kappa shape index (κ1) is 69.9. The molecule has 4 atom stereocenters. The zero-order chi connectivity index (χ0) is 66.1. The Labute approximate surface area is 535 Å². The van der Waals surface area contributed by atoms with Crippen LogP contribution in [0, 0.1) is 23.7 Å². The molecule has 0 saturated carbocycles. The van der Waals surface area contributed by atoms with Crippen LogP contribution in [0.5, 0.6) is 92.0 Å². The Morgan fingerprint density at radius 1 is 0.261 bits per heavy atom. The molecule has 0 radical (unpaired) electrons. The number of benzene rings is 8. The van der Waals surface area contributed by atoms with Crippen molar-refractivity contribution in [3.8, 4) is 92.0 Å². The van der Waals surface area contributed by atoms with Gasteiger partial charge < -0.3 is 99.2 Å². The zero-order valence-electron chi connectivity index (χ0n) is 52.1. The van der Waals surface area contributed by atoms with Crippen molar-refractivity contribution in [1.29, 1.82) is 0 Å². The van der Waals surface area contributed by atoms with Crippen LogP contribution in [0.3, 0.4) is 0 Å². The Hall–Kier alpha value is -9.60. The fourth-order valence-electron chi connectivity index (χ4n) is 10.9. The molecule has 0 aliphatic heterocycles. The van der Waals surface area contributed by atoms with Crippen LogP contribution in [0.25, 0.3) is 0 Å². The Kier molecular flexibility index (Phi) is 26.7. The molecule has 0 unspecified atom stereocenters. The van der Waals surface area contributed by atoms with E-state index < -0.39 is 69.0 Å². The molecule has 92 heavy (non-hydrogen) atoms. The fourth-order valence-corrected chi connectivity index (χ4v) is 10.9. The van der Waals surface area contributed by atoms with Gasteiger partial charge in [-0.25, -0.2) is 0 Å². The standard InChI is InChI=1S/2C36H42O10/c2*1-43-29-9-5-23(6-10-29)14-27(4-3-13-45-20-25-16-31(37)35(41)32(38)17-25)28(15-24-7-11-30(44-2)12-8-24)22-46-21-26-18-33(39)36(42)34(40)19-26/h2*5-12,16-19,27-28,37-42H,3-4,13-15,20-22H2,1-2H3/t2*27-,28+/m10/s1. The van der Waals surface area contributed by atoms with E-state index in [4.69, 9.17) is 37.9 Å². The molecule has 0 bridgehead atoms. The molecule has 0 aliphatic carbocycles. The Morgan fingerprint density at radius 3 is 0.685 bits per heavy atom. The van der Waals surface area contributed by atoms with Gasteiger partial charge in [-0.3, -0.25) is 0 Å². The summed E-state index contributed by atoms with van der Waals surface area (Å²) in [5.74, 6) is -1.96. The van der Waals surface area contributed by atoms with Gasteiger partial charge in [-0.15, -0.1) is 0 Å². The van der Waals surface area contributed by atoms with Crippen molar-refractivity contribution in [3.05, 3.63) is 190 Å². The van der Waals surface area contributed by atoms with Crippen molar-refractivity contribution in [2.75, 3.05) is 54.9 Å². The monoisotopic (exact) mass is 1270 g/mol. The van der Waals surface area contributed by atoms with Gasteiger partial charge in [-0.2, -0.15) is 0 Å². The van der Waals surface area contributed by atoms with E-state index in [0.717, 1.165) is 96.6 Å². The number of ether oxygens (including phenoxy) is 8. The average Bonchev–Trinajstić information content (AvgIpc) is 1.36. The lowest BCUT2D eigenvalue weighted by molar-refractivity contribution is 0.0578. The fraction of sp³-hybridized carbons (Fsp3) is 0.333. The van der Waals surface area contributed by atoms with Gasteiger partial charge in [0.2, 0.25) is 0 Å². The molecule has 0 aromatic heterocycles. The maximum Gasteiger partial charge on any atom is 0.200 e. The molecule has 0 spiro atoms. The first-order valence-corrected chi connectivity index (χ1v) is 30.1. The van der Waals surface area contributed by atoms with E-state index in [0.29, 0.717) is 48.7 Å². The molecule has 8 aromatic rings. The van der Waals surface area contributed by atoms with E-state index >= 15 is 0 Å².